The Morgan fingerprint density at radius 1 is 0.544 bits per heavy atom. The molecule has 0 aliphatic heterocycles. The van der Waals surface area contributed by atoms with Crippen LogP contribution in [-0.4, -0.2) is 45.2 Å². The fraction of sp³-hybridized carbons (Fsp3) is 0.442. The number of pyridine rings is 6. The fourth-order valence-corrected chi connectivity index (χ4v) is 9.74. The molecule has 4 N–H and O–H groups in total. The third-order valence-corrected chi connectivity index (χ3v) is 15.5. The average Bonchev–Trinajstić information content (AvgIpc) is 1.40. The molecule has 1 aliphatic rings. The number of hydrogen-bond acceptors (Lipinski definition) is 11. The number of benzene rings is 1. The lowest BCUT2D eigenvalue weighted by molar-refractivity contribution is -0.605. The fourth-order valence-electron chi connectivity index (χ4n) is 9.08. The van der Waals surface area contributed by atoms with Crippen LogP contribution in [0.5, 0.6) is 5.75 Å². The maximum atomic E-state index is 11.3. The Morgan fingerprint density at radius 2 is 1.13 bits per heavy atom. The lowest BCUT2D eigenvalue weighted by Crippen LogP contribution is -2.23. The second-order valence-electron chi connectivity index (χ2n) is 24.9. The number of aromatic amines is 1. The number of aromatic nitrogens is 7. The summed E-state index contributed by atoms with van der Waals surface area (Å²) in [6.07, 6.45) is 25.1. The lowest BCUT2D eigenvalue weighted by atomic mass is 9.95. The third kappa shape index (κ3) is 30.8. The monoisotopic (exact) mass is 1250 g/mol. The normalized spacial score (nSPS) is 11.1. The second kappa shape index (κ2) is 44.1. The highest BCUT2D eigenvalue weighted by Crippen LogP contribution is 2.31. The van der Waals surface area contributed by atoms with Crippen LogP contribution in [0.3, 0.4) is 0 Å². The highest BCUT2D eigenvalue weighted by molar-refractivity contribution is 7.09. The Hall–Kier alpha value is -7.45. The predicted molar refractivity (Wildman–Crippen MR) is 380 cm³/mol. The highest BCUT2D eigenvalue weighted by atomic mass is 32.1. The van der Waals surface area contributed by atoms with E-state index in [1.54, 1.807) is 49.3 Å². The summed E-state index contributed by atoms with van der Waals surface area (Å²) in [6, 6.07) is 24.4. The highest BCUT2D eigenvalue weighted by Gasteiger charge is 2.14. The van der Waals surface area contributed by atoms with E-state index < -0.39 is 0 Å². The molecule has 0 saturated heterocycles. The number of thiazole rings is 1. The number of aryl methyl sites for hydroxylation is 3. The standard InChI is InChI=1S/2C10H15NO2.C10H14.C9H13N.C8H11NO.2C8H11N.C8H12.C6H9NS/c1-6(2)9-8(5-12)4-11-7(3)10(9)13;1-6(2)9-7(3)10(13)11-4-8(9)5-12;1-8(2)10-7-5-4-6-9(10)3;1-7(2)9-4-5-10-6-8(9)3;1-7(2)8-3-5-9(10)6-4-8;1-7(2)8-4-3-5-9-6-8;1-7(2)8-5-3-4-6-9-8;1-7(2)8-5-3-4-6-8;1-5(2)6-7-3-4-8-6/h4,6,12-13H,5H2,1-3H3;4,6,12H,5H2,1-3H3,(H,11,13);4-8H,1-3H3;4-7H,1-3H3;3-7H,1-2H3;2*3-7H,1-2H3;3-5,7H,6H2,1-2H3;3-5H,1-2H3. The number of aliphatic hydroxyl groups excluding tert-OH is 2. The molecule has 8 aromatic rings. The molecule has 0 amide bonds. The van der Waals surface area contributed by atoms with Crippen LogP contribution < -0.4 is 10.3 Å². The molecule has 90 heavy (non-hydrogen) atoms. The van der Waals surface area contributed by atoms with Crippen LogP contribution in [0.25, 0.3) is 0 Å². The first-order valence-electron chi connectivity index (χ1n) is 31.8. The van der Waals surface area contributed by atoms with Crippen molar-refractivity contribution in [1.82, 2.24) is 29.9 Å². The number of allylic oxidation sites excluding steroid dienone is 4. The Morgan fingerprint density at radius 3 is 1.51 bits per heavy atom. The minimum absolute atomic E-state index is 0.0227. The molecule has 1 aliphatic carbocycles. The molecular formula is C77H111N7O5S. The number of hydrogen-bond donors (Lipinski definition) is 4. The molecule has 12 nitrogen and oxygen atoms in total. The van der Waals surface area contributed by atoms with Crippen molar-refractivity contribution in [2.24, 2.45) is 5.92 Å². The van der Waals surface area contributed by atoms with Gasteiger partial charge in [-0.25, -0.2) is 4.98 Å². The Balaban J connectivity index is 0.000000509. The second-order valence-corrected chi connectivity index (χ2v) is 25.8. The van der Waals surface area contributed by atoms with Gasteiger partial charge in [0.1, 0.15) is 5.75 Å². The molecule has 0 bridgehead atoms. The van der Waals surface area contributed by atoms with Gasteiger partial charge in [0.15, 0.2) is 12.4 Å². The molecule has 9 rings (SSSR count). The van der Waals surface area contributed by atoms with Gasteiger partial charge in [0.25, 0.3) is 5.56 Å². The van der Waals surface area contributed by atoms with Crippen LogP contribution in [0.15, 0.2) is 169 Å². The Bertz CT molecular complexity index is 3200. The van der Waals surface area contributed by atoms with Gasteiger partial charge < -0.3 is 25.5 Å². The molecule has 7 heterocycles. The molecule has 0 atom stereocenters. The van der Waals surface area contributed by atoms with E-state index in [1.165, 1.54) is 57.2 Å². The Labute approximate surface area is 546 Å². The van der Waals surface area contributed by atoms with Crippen molar-refractivity contribution in [2.75, 3.05) is 0 Å². The van der Waals surface area contributed by atoms with E-state index in [4.69, 9.17) is 10.2 Å². The van der Waals surface area contributed by atoms with E-state index in [0.717, 1.165) is 33.0 Å². The lowest BCUT2D eigenvalue weighted by Gasteiger charge is -2.13. The van der Waals surface area contributed by atoms with Crippen molar-refractivity contribution in [3.63, 3.8) is 0 Å². The largest absolute Gasteiger partial charge is 0.619 e. The van der Waals surface area contributed by atoms with Crippen LogP contribution in [0.2, 0.25) is 0 Å². The third-order valence-electron chi connectivity index (χ3n) is 14.4. The van der Waals surface area contributed by atoms with Gasteiger partial charge in [-0.2, -0.15) is 4.73 Å². The van der Waals surface area contributed by atoms with Crippen LogP contribution >= 0.6 is 11.3 Å². The molecule has 13 heteroatoms. The molecule has 0 fully saturated rings. The van der Waals surface area contributed by atoms with Gasteiger partial charge in [-0.1, -0.05) is 185 Å². The molecular weight excluding hydrogens is 1130 g/mol. The van der Waals surface area contributed by atoms with Gasteiger partial charge in [-0.05, 0) is 150 Å². The van der Waals surface area contributed by atoms with Crippen molar-refractivity contribution in [1.29, 1.82) is 0 Å². The minimum Gasteiger partial charge on any atom is -0.619 e. The average molecular weight is 1250 g/mol. The van der Waals surface area contributed by atoms with Gasteiger partial charge in [0, 0.05) is 95.4 Å². The zero-order valence-corrected chi connectivity index (χ0v) is 59.4. The summed E-state index contributed by atoms with van der Waals surface area (Å²) in [5.41, 5.74) is 15.3. The number of H-pyrrole nitrogens is 1. The van der Waals surface area contributed by atoms with E-state index in [9.17, 15) is 15.1 Å². The number of aliphatic hydroxyl groups is 2. The van der Waals surface area contributed by atoms with Crippen LogP contribution in [0, 0.1) is 38.8 Å². The summed E-state index contributed by atoms with van der Waals surface area (Å²) in [4.78, 5) is 34.2. The minimum atomic E-state index is -0.0750. The predicted octanol–water partition coefficient (Wildman–Crippen LogP) is 19.3. The molecule has 0 unspecified atom stereocenters. The van der Waals surface area contributed by atoms with Crippen molar-refractivity contribution in [3.05, 3.63) is 257 Å². The molecule has 0 radical (unpaired) electrons. The van der Waals surface area contributed by atoms with Crippen molar-refractivity contribution < 1.29 is 20.0 Å². The first kappa shape index (κ1) is 80.6. The van der Waals surface area contributed by atoms with Crippen LogP contribution in [-0.2, 0) is 13.2 Å². The number of nitrogens with zero attached hydrogens (tertiary/aromatic N) is 6. The smallest absolute Gasteiger partial charge is 0.251 e. The zero-order valence-electron chi connectivity index (χ0n) is 58.6. The van der Waals surface area contributed by atoms with E-state index in [1.807, 2.05) is 100 Å². The van der Waals surface area contributed by atoms with Crippen molar-refractivity contribution >= 4 is 11.3 Å². The first-order valence-corrected chi connectivity index (χ1v) is 32.7. The summed E-state index contributed by atoms with van der Waals surface area (Å²) in [5, 5.41) is 41.6. The zero-order chi connectivity index (χ0) is 68.0. The van der Waals surface area contributed by atoms with E-state index in [0.29, 0.717) is 52.3 Å². The van der Waals surface area contributed by atoms with E-state index >= 15 is 0 Å². The summed E-state index contributed by atoms with van der Waals surface area (Å²) >= 11 is 1.72. The van der Waals surface area contributed by atoms with Gasteiger partial charge in [0.2, 0.25) is 0 Å². The number of nitrogens with one attached hydrogen (secondary N) is 1. The quantitative estimate of drug-likeness (QED) is 0.0718. The summed E-state index contributed by atoms with van der Waals surface area (Å²) in [5.74, 6) is 4.92. The van der Waals surface area contributed by atoms with Gasteiger partial charge in [-0.3, -0.25) is 24.7 Å². The molecule has 1 aromatic carbocycles. The number of aromatic hydroxyl groups is 1. The Kier molecular flexibility index (Phi) is 39.5. The van der Waals surface area contributed by atoms with Gasteiger partial charge in [0.05, 0.1) is 23.9 Å². The van der Waals surface area contributed by atoms with Gasteiger partial charge >= 0.3 is 0 Å². The maximum Gasteiger partial charge on any atom is 0.251 e. The van der Waals surface area contributed by atoms with Crippen LogP contribution in [0.1, 0.15) is 256 Å². The van der Waals surface area contributed by atoms with Gasteiger partial charge in [-0.15, -0.1) is 11.3 Å². The SMILES string of the molecule is CC(C)C1=CC=CC1.CC(C)c1cc[n+]([O-])cc1.CC(C)c1ccccn1.CC(C)c1cccnc1.CC(C)c1nccs1.Cc1c(C(C)C)c(CO)c[nH]c1=O.Cc1ccccc1C(C)C.Cc1cnccc1C(C)C.Cc1ncc(CO)c(C(C)C)c1O. The van der Waals surface area contributed by atoms with E-state index in [2.05, 4.69) is 195 Å². The summed E-state index contributed by atoms with van der Waals surface area (Å²) in [7, 11) is 0. The van der Waals surface area contributed by atoms with Crippen LogP contribution in [0.4, 0.5) is 0 Å². The molecule has 490 valence electrons. The number of rotatable bonds is 11. The summed E-state index contributed by atoms with van der Waals surface area (Å²) < 4.78 is 0.798. The van der Waals surface area contributed by atoms with Crippen molar-refractivity contribution in [3.8, 4) is 5.75 Å². The molecule has 7 aromatic heterocycles. The summed E-state index contributed by atoms with van der Waals surface area (Å²) in [6.45, 7) is 46.1. The topological polar surface area (TPSA) is 185 Å². The first-order chi connectivity index (χ1) is 42.5. The molecule has 0 spiro atoms. The maximum absolute atomic E-state index is 11.3. The molecule has 0 saturated carbocycles. The van der Waals surface area contributed by atoms with Crippen molar-refractivity contribution in [2.45, 2.75) is 219 Å². The van der Waals surface area contributed by atoms with E-state index in [-0.39, 0.29) is 36.4 Å².